The van der Waals surface area contributed by atoms with Crippen LogP contribution in [0.25, 0.3) is 0 Å². The van der Waals surface area contributed by atoms with Gasteiger partial charge in [-0.25, -0.2) is 0 Å². The molecule has 0 N–H and O–H groups in total. The molecular weight excluding hydrogens is 230 g/mol. The molecule has 0 amide bonds. The molecule has 13 heavy (non-hydrogen) atoms. The van der Waals surface area contributed by atoms with E-state index in [0.29, 0.717) is 4.32 Å². The molecule has 0 fully saturated rings. The van der Waals surface area contributed by atoms with E-state index >= 15 is 0 Å². The Labute approximate surface area is 120 Å². The van der Waals surface area contributed by atoms with Gasteiger partial charge in [-0.2, -0.15) is 0 Å². The molecular formula is C8H17CaNOS2. The van der Waals surface area contributed by atoms with Crippen molar-refractivity contribution in [2.24, 2.45) is 5.41 Å². The molecule has 0 unspecified atom stereocenters. The molecule has 0 aromatic heterocycles. The zero-order chi connectivity index (χ0) is 9.94. The Morgan fingerprint density at radius 2 is 1.69 bits per heavy atom. The summed E-state index contributed by atoms with van der Waals surface area (Å²) < 4.78 is 0.620. The number of rotatable bonds is 0. The molecule has 0 aliphatic carbocycles. The Hall–Kier alpha value is 1.17. The third-order valence-electron chi connectivity index (χ3n) is 1.16. The molecule has 0 aliphatic heterocycles. The van der Waals surface area contributed by atoms with Crippen LogP contribution in [0.3, 0.4) is 0 Å². The first kappa shape index (κ1) is 16.6. The number of hydrogen-bond acceptors (Lipinski definition) is 3. The fourth-order valence-corrected chi connectivity index (χ4v) is 1.20. The molecule has 0 bridgehead atoms. The summed E-state index contributed by atoms with van der Waals surface area (Å²) in [4.78, 5) is 13.2. The zero-order valence-electron chi connectivity index (χ0n) is 8.17. The maximum absolute atomic E-state index is 11.4. The van der Waals surface area contributed by atoms with Crippen LogP contribution < -0.4 is 0 Å². The Morgan fingerprint density at radius 1 is 1.31 bits per heavy atom. The quantitative estimate of drug-likeness (QED) is 0.474. The van der Waals surface area contributed by atoms with Crippen LogP contribution >= 0.6 is 24.0 Å². The van der Waals surface area contributed by atoms with Gasteiger partial charge in [0.05, 0.1) is 0 Å². The second-order valence-electron chi connectivity index (χ2n) is 3.80. The van der Waals surface area contributed by atoms with E-state index in [1.807, 2.05) is 34.9 Å². The summed E-state index contributed by atoms with van der Waals surface area (Å²) in [7, 11) is 3.68. The second-order valence-corrected chi connectivity index (χ2v) is 5.41. The van der Waals surface area contributed by atoms with Gasteiger partial charge in [-0.1, -0.05) is 33.0 Å². The zero-order valence-corrected chi connectivity index (χ0v) is 9.80. The van der Waals surface area contributed by atoms with Crippen LogP contribution in [0, 0.1) is 5.41 Å². The normalized spacial score (nSPS) is 10.2. The molecule has 0 saturated carbocycles. The first-order chi connectivity index (χ1) is 5.25. The molecule has 0 atom stereocenters. The second kappa shape index (κ2) is 6.62. The van der Waals surface area contributed by atoms with Crippen molar-refractivity contribution in [2.75, 3.05) is 14.1 Å². The molecule has 0 saturated heterocycles. The third-order valence-corrected chi connectivity index (χ3v) is 3.11. The molecule has 74 valence electrons. The van der Waals surface area contributed by atoms with Crippen LogP contribution in [-0.4, -0.2) is 66.2 Å². The molecule has 2 nitrogen and oxygen atoms in total. The predicted molar refractivity (Wildman–Crippen MR) is 66.9 cm³/mol. The molecule has 0 aromatic rings. The van der Waals surface area contributed by atoms with Crippen molar-refractivity contribution in [1.82, 2.24) is 4.90 Å². The average molecular weight is 247 g/mol. The van der Waals surface area contributed by atoms with Gasteiger partial charge in [-0.3, -0.25) is 4.79 Å². The molecule has 0 aromatic carbocycles. The molecule has 0 heterocycles. The van der Waals surface area contributed by atoms with E-state index < -0.39 is 0 Å². The molecule has 0 aliphatic rings. The van der Waals surface area contributed by atoms with Gasteiger partial charge in [0.1, 0.15) is 4.32 Å². The molecule has 5 heteroatoms. The first-order valence-electron chi connectivity index (χ1n) is 3.68. The standard InChI is InChI=1S/C8H15NOS2.Ca.2H/c1-8(2,3)6(10)12-7(11)9(4)5;;;/h1-5H3;;;. The number of carbonyl (C=O) groups excluding carboxylic acids is 1. The number of carbonyl (C=O) groups is 1. The van der Waals surface area contributed by atoms with Gasteiger partial charge in [0, 0.05) is 19.5 Å². The van der Waals surface area contributed by atoms with Crippen molar-refractivity contribution in [3.05, 3.63) is 0 Å². The Kier molecular flexibility index (Phi) is 8.45. The van der Waals surface area contributed by atoms with E-state index in [1.165, 1.54) is 0 Å². The van der Waals surface area contributed by atoms with E-state index in [-0.39, 0.29) is 48.3 Å². The van der Waals surface area contributed by atoms with E-state index in [4.69, 9.17) is 12.2 Å². The van der Waals surface area contributed by atoms with Crippen LogP contribution in [0.4, 0.5) is 0 Å². The predicted octanol–water partition coefficient (Wildman–Crippen LogP) is 1.22. The summed E-state index contributed by atoms with van der Waals surface area (Å²) in [5.74, 6) is 0. The molecule has 0 spiro atoms. The third kappa shape index (κ3) is 7.14. The topological polar surface area (TPSA) is 20.3 Å². The summed E-state index contributed by atoms with van der Waals surface area (Å²) >= 11 is 6.12. The maximum atomic E-state index is 11.4. The van der Waals surface area contributed by atoms with Crippen molar-refractivity contribution in [3.63, 3.8) is 0 Å². The van der Waals surface area contributed by atoms with Gasteiger partial charge < -0.3 is 4.90 Å². The van der Waals surface area contributed by atoms with Gasteiger partial charge in [-0.15, -0.1) is 0 Å². The fourth-order valence-electron chi connectivity index (χ4n) is 0.324. The van der Waals surface area contributed by atoms with E-state index in [0.717, 1.165) is 11.8 Å². The number of thiocarbonyl (C=S) groups is 1. The van der Waals surface area contributed by atoms with E-state index in [9.17, 15) is 4.79 Å². The minimum atomic E-state index is -0.315. The number of thioether (sulfide) groups is 1. The number of hydrogen-bond donors (Lipinski definition) is 0. The van der Waals surface area contributed by atoms with E-state index in [1.54, 1.807) is 4.90 Å². The Morgan fingerprint density at radius 3 is 1.92 bits per heavy atom. The minimum absolute atomic E-state index is 0. The van der Waals surface area contributed by atoms with Gasteiger partial charge in [0.2, 0.25) is 5.12 Å². The monoisotopic (exact) mass is 247 g/mol. The van der Waals surface area contributed by atoms with Gasteiger partial charge >= 0.3 is 37.7 Å². The number of nitrogens with zero attached hydrogens (tertiary/aromatic N) is 1. The Balaban J connectivity index is 0. The molecule has 0 radical (unpaired) electrons. The van der Waals surface area contributed by atoms with Gasteiger partial charge in [0.15, 0.2) is 0 Å². The Bertz CT molecular complexity index is 199. The summed E-state index contributed by atoms with van der Waals surface area (Å²) in [5.41, 5.74) is -0.315. The molecule has 0 rings (SSSR count). The van der Waals surface area contributed by atoms with Crippen molar-refractivity contribution in [1.29, 1.82) is 0 Å². The fraction of sp³-hybridized carbons (Fsp3) is 0.750. The van der Waals surface area contributed by atoms with Gasteiger partial charge in [-0.05, 0) is 11.8 Å². The van der Waals surface area contributed by atoms with Crippen molar-refractivity contribution < 1.29 is 4.79 Å². The van der Waals surface area contributed by atoms with E-state index in [2.05, 4.69) is 0 Å². The summed E-state index contributed by atoms with van der Waals surface area (Å²) in [6.07, 6.45) is 0. The van der Waals surface area contributed by atoms with Crippen LogP contribution in [0.15, 0.2) is 0 Å². The average Bonchev–Trinajstić information content (AvgIpc) is 1.85. The first-order valence-corrected chi connectivity index (χ1v) is 4.91. The van der Waals surface area contributed by atoms with Crippen LogP contribution in [-0.2, 0) is 4.79 Å². The van der Waals surface area contributed by atoms with Crippen molar-refractivity contribution in [2.45, 2.75) is 20.8 Å². The summed E-state index contributed by atoms with van der Waals surface area (Å²) in [6.45, 7) is 5.67. The summed E-state index contributed by atoms with van der Waals surface area (Å²) in [6, 6.07) is 0. The summed E-state index contributed by atoms with van der Waals surface area (Å²) in [5, 5.41) is 0.112. The van der Waals surface area contributed by atoms with Crippen LogP contribution in [0.5, 0.6) is 0 Å². The van der Waals surface area contributed by atoms with Crippen LogP contribution in [0.2, 0.25) is 0 Å². The SMILES string of the molecule is CN(C)C(=S)SC(=O)C(C)(C)C.[CaH2]. The van der Waals surface area contributed by atoms with Gasteiger partial charge in [0.25, 0.3) is 0 Å². The van der Waals surface area contributed by atoms with Crippen molar-refractivity contribution in [3.8, 4) is 0 Å². The van der Waals surface area contributed by atoms with Crippen molar-refractivity contribution >= 4 is 71.2 Å². The van der Waals surface area contributed by atoms with Crippen LogP contribution in [0.1, 0.15) is 20.8 Å².